The first-order valence-electron chi connectivity index (χ1n) is 11.0. The number of fused-ring (bicyclic) bond motifs is 2. The van der Waals surface area contributed by atoms with Gasteiger partial charge >= 0.3 is 5.97 Å². The van der Waals surface area contributed by atoms with Crippen molar-refractivity contribution in [1.29, 1.82) is 0 Å². The molecule has 164 valence electrons. The van der Waals surface area contributed by atoms with Gasteiger partial charge in [0.05, 0.1) is 18.2 Å². The fraction of sp³-hybridized carbons (Fsp3) is 0.259. The topological polar surface area (TPSA) is 54.5 Å². The van der Waals surface area contributed by atoms with Crippen LogP contribution in [0.1, 0.15) is 29.8 Å². The molecule has 1 aliphatic heterocycles. The van der Waals surface area contributed by atoms with Crippen molar-refractivity contribution in [3.8, 4) is 22.5 Å². The van der Waals surface area contributed by atoms with E-state index >= 15 is 0 Å². The molecule has 4 rings (SSSR count). The predicted octanol–water partition coefficient (Wildman–Crippen LogP) is 5.15. The molecule has 0 aromatic heterocycles. The molecule has 0 saturated carbocycles. The number of aryl methyl sites for hydroxylation is 1. The van der Waals surface area contributed by atoms with E-state index in [0.29, 0.717) is 12.2 Å². The van der Waals surface area contributed by atoms with Gasteiger partial charge in [0.2, 0.25) is 5.36 Å². The van der Waals surface area contributed by atoms with E-state index in [1.54, 1.807) is 0 Å². The molecule has 2 aliphatic rings. The van der Waals surface area contributed by atoms with E-state index < -0.39 is 0 Å². The van der Waals surface area contributed by atoms with Gasteiger partial charge in [-0.1, -0.05) is 18.2 Å². The number of hydrogen-bond donors (Lipinski definition) is 1. The molecule has 1 heterocycles. The van der Waals surface area contributed by atoms with Crippen LogP contribution >= 0.6 is 0 Å². The second kappa shape index (κ2) is 8.87. The molecule has 0 radical (unpaired) electrons. The number of nitrogens with zero attached hydrogens (tertiary/aromatic N) is 1. The second-order valence-corrected chi connectivity index (χ2v) is 8.01. The maximum atomic E-state index is 12.8. The highest BCUT2D eigenvalue weighted by Gasteiger charge is 2.23. The summed E-state index contributed by atoms with van der Waals surface area (Å²) in [6.45, 7) is 7.13. The van der Waals surface area contributed by atoms with E-state index in [0.717, 1.165) is 56.6 Å². The molecule has 5 heteroatoms. The molecule has 0 fully saturated rings. The van der Waals surface area contributed by atoms with Crippen LogP contribution in [0, 0.1) is 6.92 Å². The number of benzene rings is 3. The van der Waals surface area contributed by atoms with Crippen LogP contribution in [0.3, 0.4) is 0 Å². The van der Waals surface area contributed by atoms with E-state index in [9.17, 15) is 4.79 Å². The van der Waals surface area contributed by atoms with Crippen molar-refractivity contribution in [2.75, 3.05) is 32.6 Å². The van der Waals surface area contributed by atoms with Gasteiger partial charge < -0.3 is 14.5 Å². The Kier molecular flexibility index (Phi) is 5.99. The van der Waals surface area contributed by atoms with E-state index in [1.165, 1.54) is 0 Å². The average molecular weight is 430 g/mol. The molecule has 0 saturated heterocycles. The number of carbonyl (C=O) groups is 1. The summed E-state index contributed by atoms with van der Waals surface area (Å²) in [7, 11) is 4.01. The highest BCUT2D eigenvalue weighted by Crippen LogP contribution is 2.42. The standard InChI is InChI=1S/C27H28N2O3/c1-6-28-23-16-25-22(14-17(23)3)26(19-10-8-9-11-20(19)27(30)31-7-2)21-13-12-18(29(4)5)15-24(21)32-25/h8-16H,6-7H2,1-5H3/p+1. The minimum Gasteiger partial charge on any atom is -0.462 e. The molecule has 0 spiro atoms. The molecule has 5 nitrogen and oxygen atoms in total. The lowest BCUT2D eigenvalue weighted by atomic mass is 9.90. The fourth-order valence-corrected chi connectivity index (χ4v) is 4.07. The summed E-state index contributed by atoms with van der Waals surface area (Å²) >= 11 is 0. The molecule has 1 N–H and O–H groups in total. The van der Waals surface area contributed by atoms with Crippen LogP contribution in [0.25, 0.3) is 33.4 Å². The lowest BCUT2D eigenvalue weighted by Gasteiger charge is -2.19. The molecule has 0 amide bonds. The Morgan fingerprint density at radius 3 is 2.53 bits per heavy atom. The van der Waals surface area contributed by atoms with Crippen LogP contribution in [-0.4, -0.2) is 33.2 Å². The fourth-order valence-electron chi connectivity index (χ4n) is 4.07. The van der Waals surface area contributed by atoms with Gasteiger partial charge in [0, 0.05) is 40.9 Å². The monoisotopic (exact) mass is 429 g/mol. The van der Waals surface area contributed by atoms with Crippen LogP contribution < -0.4 is 15.2 Å². The van der Waals surface area contributed by atoms with Crippen molar-refractivity contribution < 1.29 is 13.9 Å². The molecule has 32 heavy (non-hydrogen) atoms. The van der Waals surface area contributed by atoms with Gasteiger partial charge in [0.1, 0.15) is 25.4 Å². The van der Waals surface area contributed by atoms with E-state index in [4.69, 9.17) is 9.15 Å². The molecule has 0 bridgehead atoms. The molecular weight excluding hydrogens is 400 g/mol. The first-order chi connectivity index (χ1) is 15.4. The molecule has 2 aromatic rings. The van der Waals surface area contributed by atoms with Gasteiger partial charge in [-0.3, -0.25) is 0 Å². The first-order valence-corrected chi connectivity index (χ1v) is 11.0. The summed E-state index contributed by atoms with van der Waals surface area (Å²) in [4.78, 5) is 12.8. The third-order valence-electron chi connectivity index (χ3n) is 5.63. The molecule has 0 atom stereocenters. The van der Waals surface area contributed by atoms with Crippen molar-refractivity contribution in [2.24, 2.45) is 0 Å². The van der Waals surface area contributed by atoms with Crippen molar-refractivity contribution in [3.05, 3.63) is 71.1 Å². The van der Waals surface area contributed by atoms with Crippen molar-refractivity contribution in [1.82, 2.24) is 4.58 Å². The van der Waals surface area contributed by atoms with Crippen molar-refractivity contribution >= 4 is 22.6 Å². The summed E-state index contributed by atoms with van der Waals surface area (Å²) < 4.78 is 13.8. The highest BCUT2D eigenvalue weighted by molar-refractivity contribution is 6.08. The summed E-state index contributed by atoms with van der Waals surface area (Å²) in [5.74, 6) is 0.444. The van der Waals surface area contributed by atoms with E-state index in [1.807, 2.05) is 62.0 Å². The molecule has 1 aliphatic carbocycles. The Bertz CT molecular complexity index is 1350. The number of carbonyl (C=O) groups excluding carboxylic acids is 1. The van der Waals surface area contributed by atoms with Gasteiger partial charge in [0.15, 0.2) is 0 Å². The highest BCUT2D eigenvalue weighted by atomic mass is 16.5. The van der Waals surface area contributed by atoms with Crippen LogP contribution in [0.15, 0.2) is 59.0 Å². The lowest BCUT2D eigenvalue weighted by molar-refractivity contribution is 0.0527. The predicted molar refractivity (Wildman–Crippen MR) is 130 cm³/mol. The Balaban J connectivity index is 2.14. The van der Waals surface area contributed by atoms with Gasteiger partial charge in [-0.25, -0.2) is 9.37 Å². The van der Waals surface area contributed by atoms with Gasteiger partial charge in [0.25, 0.3) is 0 Å². The second-order valence-electron chi connectivity index (χ2n) is 8.01. The number of ether oxygens (including phenoxy) is 1. The quantitative estimate of drug-likeness (QED) is 0.271. The average Bonchev–Trinajstić information content (AvgIpc) is 2.78. The van der Waals surface area contributed by atoms with Gasteiger partial charge in [-0.2, -0.15) is 0 Å². The first kappa shape index (κ1) is 21.6. The normalized spacial score (nSPS) is 11.0. The number of esters is 1. The maximum absolute atomic E-state index is 12.8. The van der Waals surface area contributed by atoms with Gasteiger partial charge in [-0.05, 0) is 50.1 Å². The molecule has 2 aromatic carbocycles. The lowest BCUT2D eigenvalue weighted by Crippen LogP contribution is -2.21. The van der Waals surface area contributed by atoms with Crippen molar-refractivity contribution in [2.45, 2.75) is 20.8 Å². The zero-order chi connectivity index (χ0) is 22.8. The van der Waals surface area contributed by atoms with Crippen LogP contribution in [0.5, 0.6) is 0 Å². The maximum Gasteiger partial charge on any atom is 0.338 e. The zero-order valence-electron chi connectivity index (χ0n) is 19.3. The Hall–Kier alpha value is -3.60. The minimum absolute atomic E-state index is 0.323. The van der Waals surface area contributed by atoms with Crippen molar-refractivity contribution in [3.63, 3.8) is 0 Å². The molecule has 0 unspecified atom stereocenters. The Morgan fingerprint density at radius 1 is 1.03 bits per heavy atom. The summed E-state index contributed by atoms with van der Waals surface area (Å²) in [6.07, 6.45) is 0. The minimum atomic E-state index is -0.323. The van der Waals surface area contributed by atoms with Crippen LogP contribution in [0.4, 0.5) is 5.69 Å². The third-order valence-corrected chi connectivity index (χ3v) is 5.63. The smallest absolute Gasteiger partial charge is 0.338 e. The number of rotatable bonds is 5. The Labute approximate surface area is 188 Å². The van der Waals surface area contributed by atoms with Crippen LogP contribution in [0.2, 0.25) is 0 Å². The number of anilines is 1. The third kappa shape index (κ3) is 3.86. The summed E-state index contributed by atoms with van der Waals surface area (Å²) in [5.41, 5.74) is 6.24. The SMILES string of the molecule is CCNc1cc2oc3cc(=[N+](C)C)ccc-3c(-c3ccccc3C(=O)OCC)c2cc1C. The van der Waals surface area contributed by atoms with E-state index in [-0.39, 0.29) is 5.97 Å². The largest absolute Gasteiger partial charge is 0.462 e. The summed E-state index contributed by atoms with van der Waals surface area (Å²) in [6, 6.07) is 18.0. The molecular formula is C27H29N2O3+. The zero-order valence-corrected chi connectivity index (χ0v) is 19.3. The number of nitrogens with one attached hydrogen (secondary N) is 1. The summed E-state index contributed by atoms with van der Waals surface area (Å²) in [5, 5.41) is 5.42. The van der Waals surface area contributed by atoms with Crippen LogP contribution in [-0.2, 0) is 4.74 Å². The number of hydrogen-bond acceptors (Lipinski definition) is 4. The Morgan fingerprint density at radius 2 is 1.81 bits per heavy atom. The van der Waals surface area contributed by atoms with E-state index in [2.05, 4.69) is 37.4 Å². The van der Waals surface area contributed by atoms with Gasteiger partial charge in [-0.15, -0.1) is 0 Å².